The first kappa shape index (κ1) is 11.7. The molecule has 6 heteroatoms. The van der Waals surface area contributed by atoms with E-state index in [2.05, 4.69) is 10.5 Å². The summed E-state index contributed by atoms with van der Waals surface area (Å²) in [6.07, 6.45) is 2.19. The predicted molar refractivity (Wildman–Crippen MR) is 62.9 cm³/mol. The molecule has 2 aliphatic rings. The van der Waals surface area contributed by atoms with Gasteiger partial charge in [0.05, 0.1) is 17.8 Å². The first-order chi connectivity index (χ1) is 8.66. The zero-order valence-corrected chi connectivity index (χ0v) is 10.3. The highest BCUT2D eigenvalue weighted by atomic mass is 16.5. The maximum Gasteiger partial charge on any atom is 0.290 e. The Balaban J connectivity index is 1.64. The Morgan fingerprint density at radius 3 is 3.17 bits per heavy atom. The first-order valence-corrected chi connectivity index (χ1v) is 6.28. The second kappa shape index (κ2) is 4.37. The number of nitrogens with two attached hydrogens (primary N) is 1. The van der Waals surface area contributed by atoms with Gasteiger partial charge < -0.3 is 20.3 Å². The summed E-state index contributed by atoms with van der Waals surface area (Å²) in [6.45, 7) is 2.53. The molecule has 98 valence electrons. The van der Waals surface area contributed by atoms with Crippen LogP contribution in [0.4, 0.5) is 0 Å². The van der Waals surface area contributed by atoms with E-state index in [1.807, 2.05) is 0 Å². The third-order valence-electron chi connectivity index (χ3n) is 3.83. The monoisotopic (exact) mass is 251 g/mol. The van der Waals surface area contributed by atoms with Gasteiger partial charge in [-0.3, -0.25) is 4.79 Å². The largest absolute Gasteiger partial charge is 0.376 e. The van der Waals surface area contributed by atoms with E-state index in [0.29, 0.717) is 11.6 Å². The van der Waals surface area contributed by atoms with Crippen LogP contribution in [0.15, 0.2) is 10.6 Å². The Kier molecular flexibility index (Phi) is 2.83. The number of carbonyl (C=O) groups is 1. The van der Waals surface area contributed by atoms with Crippen LogP contribution in [0.2, 0.25) is 0 Å². The molecule has 1 saturated heterocycles. The zero-order valence-electron chi connectivity index (χ0n) is 10.3. The quantitative estimate of drug-likeness (QED) is 0.784. The Hall–Kier alpha value is -1.40. The van der Waals surface area contributed by atoms with E-state index in [-0.39, 0.29) is 29.9 Å². The van der Waals surface area contributed by atoms with Gasteiger partial charge in [-0.1, -0.05) is 5.16 Å². The van der Waals surface area contributed by atoms with Gasteiger partial charge in [-0.2, -0.15) is 0 Å². The smallest absolute Gasteiger partial charge is 0.290 e. The fraction of sp³-hybridized carbons (Fsp3) is 0.667. The van der Waals surface area contributed by atoms with E-state index in [1.165, 1.54) is 0 Å². The van der Waals surface area contributed by atoms with Gasteiger partial charge in [0, 0.05) is 24.6 Å². The summed E-state index contributed by atoms with van der Waals surface area (Å²) in [4.78, 5) is 11.9. The van der Waals surface area contributed by atoms with E-state index in [1.54, 1.807) is 13.0 Å². The zero-order chi connectivity index (χ0) is 12.7. The second-order valence-electron chi connectivity index (χ2n) is 5.05. The number of rotatable bonds is 2. The SMILES string of the molecule is Cc1cc(C(=O)NC2C(N)C3CCCOC32)on1. The molecule has 0 radical (unpaired) electrons. The molecular weight excluding hydrogens is 234 g/mol. The average molecular weight is 251 g/mol. The molecular formula is C12H17N3O3. The van der Waals surface area contributed by atoms with Crippen LogP contribution in [-0.4, -0.2) is 35.9 Å². The van der Waals surface area contributed by atoms with Gasteiger partial charge in [0.2, 0.25) is 5.76 Å². The summed E-state index contributed by atoms with van der Waals surface area (Å²) < 4.78 is 10.6. The number of hydrogen-bond acceptors (Lipinski definition) is 5. The predicted octanol–water partition coefficient (Wildman–Crippen LogP) is 0.218. The van der Waals surface area contributed by atoms with E-state index in [4.69, 9.17) is 15.0 Å². The number of amides is 1. The molecule has 0 aromatic carbocycles. The fourth-order valence-corrected chi connectivity index (χ4v) is 2.82. The van der Waals surface area contributed by atoms with Crippen LogP contribution in [-0.2, 0) is 4.74 Å². The number of nitrogens with zero attached hydrogens (tertiary/aromatic N) is 1. The highest BCUT2D eigenvalue weighted by Crippen LogP contribution is 2.37. The van der Waals surface area contributed by atoms with Crippen molar-refractivity contribution in [2.24, 2.45) is 11.7 Å². The van der Waals surface area contributed by atoms with E-state index < -0.39 is 0 Å². The number of carbonyl (C=O) groups excluding carboxylic acids is 1. The molecule has 2 heterocycles. The van der Waals surface area contributed by atoms with Crippen molar-refractivity contribution in [3.63, 3.8) is 0 Å². The van der Waals surface area contributed by atoms with Gasteiger partial charge in [-0.25, -0.2) is 0 Å². The number of aromatic nitrogens is 1. The van der Waals surface area contributed by atoms with Gasteiger partial charge in [0.25, 0.3) is 5.91 Å². The van der Waals surface area contributed by atoms with Crippen LogP contribution >= 0.6 is 0 Å². The normalized spacial score (nSPS) is 34.6. The average Bonchev–Trinajstić information content (AvgIpc) is 2.82. The van der Waals surface area contributed by atoms with Crippen LogP contribution in [0, 0.1) is 12.8 Å². The third kappa shape index (κ3) is 1.81. The summed E-state index contributed by atoms with van der Waals surface area (Å²) in [5, 5.41) is 6.56. The molecule has 2 fully saturated rings. The molecule has 1 aromatic heterocycles. The Morgan fingerprint density at radius 1 is 1.61 bits per heavy atom. The standard InChI is InChI=1S/C12H17N3O3/c1-6-5-8(18-15-6)12(16)14-10-9(13)7-3-2-4-17-11(7)10/h5,7,9-11H,2-4,13H2,1H3,(H,14,16). The molecule has 3 rings (SSSR count). The van der Waals surface area contributed by atoms with E-state index >= 15 is 0 Å². The van der Waals surface area contributed by atoms with Crippen molar-refractivity contribution in [2.45, 2.75) is 38.0 Å². The summed E-state index contributed by atoms with van der Waals surface area (Å²) in [7, 11) is 0. The number of nitrogens with one attached hydrogen (secondary N) is 1. The third-order valence-corrected chi connectivity index (χ3v) is 3.83. The van der Waals surface area contributed by atoms with E-state index in [9.17, 15) is 4.79 Å². The molecule has 1 aliphatic carbocycles. The van der Waals surface area contributed by atoms with Gasteiger partial charge in [-0.15, -0.1) is 0 Å². The lowest BCUT2D eigenvalue weighted by Gasteiger charge is -2.52. The molecule has 18 heavy (non-hydrogen) atoms. The molecule has 0 spiro atoms. The van der Waals surface area contributed by atoms with Crippen LogP contribution in [0.3, 0.4) is 0 Å². The van der Waals surface area contributed by atoms with Crippen LogP contribution in [0.25, 0.3) is 0 Å². The lowest BCUT2D eigenvalue weighted by Crippen LogP contribution is -2.72. The maximum atomic E-state index is 11.9. The summed E-state index contributed by atoms with van der Waals surface area (Å²) in [5.74, 6) is 0.322. The van der Waals surface area contributed by atoms with Crippen molar-refractivity contribution in [3.8, 4) is 0 Å². The van der Waals surface area contributed by atoms with Gasteiger partial charge in [0.1, 0.15) is 0 Å². The number of aryl methyl sites for hydroxylation is 1. The van der Waals surface area contributed by atoms with Gasteiger partial charge in [0.15, 0.2) is 0 Å². The highest BCUT2D eigenvalue weighted by Gasteiger charge is 2.51. The number of ether oxygens (including phenoxy) is 1. The molecule has 4 unspecified atom stereocenters. The lowest BCUT2D eigenvalue weighted by atomic mass is 9.68. The van der Waals surface area contributed by atoms with Crippen molar-refractivity contribution < 1.29 is 14.1 Å². The van der Waals surface area contributed by atoms with Crippen LogP contribution in [0.5, 0.6) is 0 Å². The summed E-state index contributed by atoms with van der Waals surface area (Å²) in [6, 6.07) is 1.47. The molecule has 1 amide bonds. The van der Waals surface area contributed by atoms with Crippen molar-refractivity contribution in [1.29, 1.82) is 0 Å². The van der Waals surface area contributed by atoms with Crippen molar-refractivity contribution in [3.05, 3.63) is 17.5 Å². The maximum absolute atomic E-state index is 11.9. The first-order valence-electron chi connectivity index (χ1n) is 6.28. The van der Waals surface area contributed by atoms with E-state index in [0.717, 1.165) is 19.4 Å². The molecule has 6 nitrogen and oxygen atoms in total. The molecule has 1 aromatic rings. The minimum absolute atomic E-state index is 0.0248. The fourth-order valence-electron chi connectivity index (χ4n) is 2.82. The highest BCUT2D eigenvalue weighted by molar-refractivity contribution is 5.91. The lowest BCUT2D eigenvalue weighted by molar-refractivity contribution is -0.117. The van der Waals surface area contributed by atoms with Crippen LogP contribution < -0.4 is 11.1 Å². The minimum atomic E-state index is -0.274. The van der Waals surface area contributed by atoms with Gasteiger partial charge >= 0.3 is 0 Å². The number of hydrogen-bond donors (Lipinski definition) is 2. The topological polar surface area (TPSA) is 90.4 Å². The minimum Gasteiger partial charge on any atom is -0.376 e. The summed E-state index contributed by atoms with van der Waals surface area (Å²) in [5.41, 5.74) is 6.75. The second-order valence-corrected chi connectivity index (χ2v) is 5.05. The molecule has 1 saturated carbocycles. The van der Waals surface area contributed by atoms with Crippen molar-refractivity contribution >= 4 is 5.91 Å². The van der Waals surface area contributed by atoms with Gasteiger partial charge in [-0.05, 0) is 19.8 Å². The van der Waals surface area contributed by atoms with Crippen molar-refractivity contribution in [2.75, 3.05) is 6.61 Å². The molecule has 1 aliphatic heterocycles. The van der Waals surface area contributed by atoms with Crippen molar-refractivity contribution in [1.82, 2.24) is 10.5 Å². The number of fused-ring (bicyclic) bond motifs is 1. The Morgan fingerprint density at radius 2 is 2.44 bits per heavy atom. The molecule has 4 atom stereocenters. The van der Waals surface area contributed by atoms with Crippen LogP contribution in [0.1, 0.15) is 29.1 Å². The molecule has 3 N–H and O–H groups in total. The Labute approximate surface area is 105 Å². The summed E-state index contributed by atoms with van der Waals surface area (Å²) >= 11 is 0. The molecule has 0 bridgehead atoms. The Bertz CT molecular complexity index is 459.